The van der Waals surface area contributed by atoms with E-state index in [9.17, 15) is 22.4 Å². The molecule has 3 aromatic rings. The van der Waals surface area contributed by atoms with Gasteiger partial charge in [0, 0.05) is 37.1 Å². The molecule has 2 aromatic carbocycles. The molecular formula is C29H34FN3O4S2. The molecule has 39 heavy (non-hydrogen) atoms. The van der Waals surface area contributed by atoms with Crippen molar-refractivity contribution in [3.05, 3.63) is 88.4 Å². The Balaban J connectivity index is 1.51. The molecule has 0 aliphatic carbocycles. The van der Waals surface area contributed by atoms with Crippen molar-refractivity contribution in [1.82, 2.24) is 14.1 Å². The Labute approximate surface area is 233 Å². The molecule has 0 spiro atoms. The molecule has 10 heteroatoms. The average Bonchev–Trinajstić information content (AvgIpc) is 3.45. The summed E-state index contributed by atoms with van der Waals surface area (Å²) in [5.74, 6) is -0.675. The van der Waals surface area contributed by atoms with Gasteiger partial charge in [0.25, 0.3) is 0 Å². The first-order chi connectivity index (χ1) is 18.8. The molecule has 7 nitrogen and oxygen atoms in total. The van der Waals surface area contributed by atoms with Crippen molar-refractivity contribution >= 4 is 33.2 Å². The van der Waals surface area contributed by atoms with Crippen LogP contribution >= 0.6 is 11.3 Å². The average molecular weight is 572 g/mol. The van der Waals surface area contributed by atoms with Crippen LogP contribution < -0.4 is 0 Å². The Kier molecular flexibility index (Phi) is 9.88. The molecule has 0 unspecified atom stereocenters. The fourth-order valence-electron chi connectivity index (χ4n) is 4.87. The SMILES string of the molecule is CCCN(CC(=O)N(Cc1cccc(F)c1)C1CCN(C(=O)Cc2cccs2)CC1)S(=O)(=O)c1ccccc1. The third-order valence-electron chi connectivity index (χ3n) is 6.89. The lowest BCUT2D eigenvalue weighted by molar-refractivity contribution is -0.137. The van der Waals surface area contributed by atoms with Gasteiger partial charge >= 0.3 is 0 Å². The number of likely N-dealkylation sites (tertiary alicyclic amines) is 1. The summed E-state index contributed by atoms with van der Waals surface area (Å²) in [5, 5.41) is 1.95. The second kappa shape index (κ2) is 13.3. The highest BCUT2D eigenvalue weighted by molar-refractivity contribution is 7.89. The van der Waals surface area contributed by atoms with E-state index in [1.807, 2.05) is 29.3 Å². The fourth-order valence-corrected chi connectivity index (χ4v) is 7.07. The van der Waals surface area contributed by atoms with Gasteiger partial charge in [-0.1, -0.05) is 43.3 Å². The number of rotatable bonds is 11. The summed E-state index contributed by atoms with van der Waals surface area (Å²) >= 11 is 1.55. The molecule has 1 aromatic heterocycles. The number of thiophene rings is 1. The first kappa shape index (κ1) is 28.9. The highest BCUT2D eigenvalue weighted by atomic mass is 32.2. The lowest BCUT2D eigenvalue weighted by Crippen LogP contribution is -2.51. The van der Waals surface area contributed by atoms with Gasteiger partial charge in [0.15, 0.2) is 0 Å². The third kappa shape index (κ3) is 7.52. The number of carbonyl (C=O) groups excluding carboxylic acids is 2. The van der Waals surface area contributed by atoms with E-state index in [0.717, 1.165) is 4.88 Å². The summed E-state index contributed by atoms with van der Waals surface area (Å²) in [4.78, 5) is 31.2. The number of hydrogen-bond acceptors (Lipinski definition) is 5. The van der Waals surface area contributed by atoms with Crippen molar-refractivity contribution in [2.45, 2.75) is 50.1 Å². The van der Waals surface area contributed by atoms with Crippen LogP contribution in [0.15, 0.2) is 77.0 Å². The summed E-state index contributed by atoms with van der Waals surface area (Å²) in [7, 11) is -3.87. The maximum atomic E-state index is 14.0. The predicted octanol–water partition coefficient (Wildman–Crippen LogP) is 4.55. The van der Waals surface area contributed by atoms with Gasteiger partial charge in [-0.25, -0.2) is 12.8 Å². The zero-order valence-corrected chi connectivity index (χ0v) is 23.7. The molecule has 0 saturated carbocycles. The van der Waals surface area contributed by atoms with Crippen molar-refractivity contribution in [3.8, 4) is 0 Å². The number of carbonyl (C=O) groups is 2. The summed E-state index contributed by atoms with van der Waals surface area (Å²) in [6.07, 6.45) is 2.04. The largest absolute Gasteiger partial charge is 0.342 e. The maximum absolute atomic E-state index is 14.0. The fraction of sp³-hybridized carbons (Fsp3) is 0.379. The van der Waals surface area contributed by atoms with Gasteiger partial charge in [-0.2, -0.15) is 4.31 Å². The van der Waals surface area contributed by atoms with Crippen LogP contribution in [0, 0.1) is 5.82 Å². The Hall–Kier alpha value is -3.08. The van der Waals surface area contributed by atoms with E-state index < -0.39 is 15.8 Å². The first-order valence-electron chi connectivity index (χ1n) is 13.2. The van der Waals surface area contributed by atoms with Crippen LogP contribution in [-0.4, -0.2) is 66.6 Å². The van der Waals surface area contributed by atoms with Crippen LogP contribution in [0.4, 0.5) is 4.39 Å². The van der Waals surface area contributed by atoms with Crippen LogP contribution in [0.2, 0.25) is 0 Å². The highest BCUT2D eigenvalue weighted by Gasteiger charge is 2.33. The molecule has 1 aliphatic heterocycles. The Morgan fingerprint density at radius 2 is 1.77 bits per heavy atom. The Morgan fingerprint density at radius 1 is 1.03 bits per heavy atom. The lowest BCUT2D eigenvalue weighted by Gasteiger charge is -2.39. The van der Waals surface area contributed by atoms with Gasteiger partial charge in [-0.15, -0.1) is 11.3 Å². The van der Waals surface area contributed by atoms with Crippen LogP contribution in [0.5, 0.6) is 0 Å². The Morgan fingerprint density at radius 3 is 2.41 bits per heavy atom. The molecule has 208 valence electrons. The molecule has 1 saturated heterocycles. The lowest BCUT2D eigenvalue weighted by atomic mass is 10.0. The normalized spacial score (nSPS) is 14.5. The first-order valence-corrected chi connectivity index (χ1v) is 15.5. The number of hydrogen-bond donors (Lipinski definition) is 0. The maximum Gasteiger partial charge on any atom is 0.243 e. The molecule has 4 rings (SSSR count). The minimum atomic E-state index is -3.87. The van der Waals surface area contributed by atoms with Crippen LogP contribution in [0.25, 0.3) is 0 Å². The number of sulfonamides is 1. The molecule has 0 bridgehead atoms. The van der Waals surface area contributed by atoms with Gasteiger partial charge in [0.05, 0.1) is 17.9 Å². The Bertz CT molecular complexity index is 1340. The second-order valence-electron chi connectivity index (χ2n) is 9.67. The zero-order chi connectivity index (χ0) is 27.8. The van der Waals surface area contributed by atoms with Crippen molar-refractivity contribution < 1.29 is 22.4 Å². The van der Waals surface area contributed by atoms with E-state index in [2.05, 4.69) is 0 Å². The monoisotopic (exact) mass is 571 g/mol. The highest BCUT2D eigenvalue weighted by Crippen LogP contribution is 2.23. The van der Waals surface area contributed by atoms with Crippen LogP contribution in [0.3, 0.4) is 0 Å². The minimum absolute atomic E-state index is 0.0574. The summed E-state index contributed by atoms with van der Waals surface area (Å²) in [5.41, 5.74) is 0.632. The summed E-state index contributed by atoms with van der Waals surface area (Å²) in [6, 6.07) is 17.9. The minimum Gasteiger partial charge on any atom is -0.342 e. The van der Waals surface area contributed by atoms with Crippen molar-refractivity contribution in [3.63, 3.8) is 0 Å². The van der Waals surface area contributed by atoms with Gasteiger partial charge in [-0.05, 0) is 60.5 Å². The molecule has 2 amide bonds. The van der Waals surface area contributed by atoms with E-state index in [4.69, 9.17) is 0 Å². The molecule has 0 radical (unpaired) electrons. The smallest absolute Gasteiger partial charge is 0.243 e. The van der Waals surface area contributed by atoms with Crippen LogP contribution in [-0.2, 0) is 32.6 Å². The molecular weight excluding hydrogens is 537 g/mol. The van der Waals surface area contributed by atoms with Crippen LogP contribution in [0.1, 0.15) is 36.6 Å². The summed E-state index contributed by atoms with van der Waals surface area (Å²) in [6.45, 7) is 2.93. The van der Waals surface area contributed by atoms with E-state index in [1.165, 1.54) is 28.6 Å². The van der Waals surface area contributed by atoms with E-state index in [1.54, 1.807) is 46.6 Å². The quantitative estimate of drug-likeness (QED) is 0.338. The second-order valence-corrected chi connectivity index (χ2v) is 12.6. The van der Waals surface area contributed by atoms with Crippen molar-refractivity contribution in [2.75, 3.05) is 26.2 Å². The van der Waals surface area contributed by atoms with Crippen molar-refractivity contribution in [1.29, 1.82) is 0 Å². The number of halogens is 1. The molecule has 0 atom stereocenters. The topological polar surface area (TPSA) is 78.0 Å². The van der Waals surface area contributed by atoms with E-state index in [-0.39, 0.29) is 42.4 Å². The number of benzene rings is 2. The van der Waals surface area contributed by atoms with Gasteiger partial charge < -0.3 is 9.80 Å². The van der Waals surface area contributed by atoms with Gasteiger partial charge in [-0.3, -0.25) is 9.59 Å². The third-order valence-corrected chi connectivity index (χ3v) is 9.63. The summed E-state index contributed by atoms with van der Waals surface area (Å²) < 4.78 is 41.9. The van der Waals surface area contributed by atoms with Crippen molar-refractivity contribution in [2.24, 2.45) is 0 Å². The molecule has 0 N–H and O–H groups in total. The van der Waals surface area contributed by atoms with Gasteiger partial charge in [0.1, 0.15) is 5.82 Å². The number of amides is 2. The van der Waals surface area contributed by atoms with E-state index >= 15 is 0 Å². The standard InChI is InChI=1S/C29H34FN3O4S2/c1-2-15-32(39(36,37)27-11-4-3-5-12-27)22-29(35)33(21-23-8-6-9-24(30)19-23)25-13-16-31(17-14-25)28(34)20-26-10-7-18-38-26/h3-12,18-19,25H,2,13-17,20-22H2,1H3. The number of piperidine rings is 1. The molecule has 2 heterocycles. The molecule has 1 fully saturated rings. The van der Waals surface area contributed by atoms with Gasteiger partial charge in [0.2, 0.25) is 21.8 Å². The molecule has 1 aliphatic rings. The van der Waals surface area contributed by atoms with E-state index in [0.29, 0.717) is 44.3 Å². The zero-order valence-electron chi connectivity index (χ0n) is 22.0. The number of nitrogens with zero attached hydrogens (tertiary/aromatic N) is 3. The predicted molar refractivity (Wildman–Crippen MR) is 150 cm³/mol.